The Morgan fingerprint density at radius 2 is 1.80 bits per heavy atom. The lowest BCUT2D eigenvalue weighted by molar-refractivity contribution is -0.151. The van der Waals surface area contributed by atoms with Crippen molar-refractivity contribution in [3.05, 3.63) is 0 Å². The van der Waals surface area contributed by atoms with Crippen LogP contribution in [0.3, 0.4) is 0 Å². The Balaban J connectivity index is 2.55. The molecule has 1 fully saturated rings. The molecular formula is C10H18N2O3. The molecule has 0 radical (unpaired) electrons. The van der Waals surface area contributed by atoms with Crippen LogP contribution in [0.4, 0.5) is 0 Å². The normalized spacial score (nSPS) is 19.7. The van der Waals surface area contributed by atoms with E-state index in [4.69, 9.17) is 5.11 Å². The zero-order valence-corrected chi connectivity index (χ0v) is 9.27. The fraction of sp³-hybridized carbons (Fsp3) is 0.800. The molecule has 1 aliphatic heterocycles. The van der Waals surface area contributed by atoms with E-state index in [9.17, 15) is 9.59 Å². The largest absolute Gasteiger partial charge is 0.392 e. The highest BCUT2D eigenvalue weighted by Gasteiger charge is 2.29. The molecular weight excluding hydrogens is 196 g/mol. The first-order valence-corrected chi connectivity index (χ1v) is 5.28. The molecule has 1 heterocycles. The monoisotopic (exact) mass is 214 g/mol. The van der Waals surface area contributed by atoms with Gasteiger partial charge >= 0.3 is 0 Å². The van der Waals surface area contributed by atoms with Crippen LogP contribution >= 0.6 is 0 Å². The van der Waals surface area contributed by atoms with Crippen molar-refractivity contribution in [2.24, 2.45) is 0 Å². The number of rotatable bonds is 4. The summed E-state index contributed by atoms with van der Waals surface area (Å²) < 4.78 is 0. The number of amides is 2. The zero-order valence-electron chi connectivity index (χ0n) is 9.27. The van der Waals surface area contributed by atoms with Gasteiger partial charge < -0.3 is 14.9 Å². The van der Waals surface area contributed by atoms with Gasteiger partial charge in [0.1, 0.15) is 0 Å². The fourth-order valence-corrected chi connectivity index (χ4v) is 1.66. The van der Waals surface area contributed by atoms with Crippen molar-refractivity contribution < 1.29 is 14.7 Å². The number of nitrogens with zero attached hydrogens (tertiary/aromatic N) is 2. The first-order chi connectivity index (χ1) is 7.04. The second-order valence-corrected chi connectivity index (χ2v) is 3.94. The van der Waals surface area contributed by atoms with E-state index in [1.165, 1.54) is 4.90 Å². The predicted octanol–water partition coefficient (Wildman–Crippen LogP) is -0.552. The number of carbonyl (C=O) groups excluding carboxylic acids is 2. The van der Waals surface area contributed by atoms with Gasteiger partial charge in [0, 0.05) is 13.1 Å². The highest BCUT2D eigenvalue weighted by Crippen LogP contribution is 2.06. The average molecular weight is 214 g/mol. The Hall–Kier alpha value is -1.10. The van der Waals surface area contributed by atoms with Gasteiger partial charge in [-0.3, -0.25) is 9.59 Å². The van der Waals surface area contributed by atoms with E-state index in [1.807, 2.05) is 6.92 Å². The van der Waals surface area contributed by atoms with E-state index < -0.39 is 6.10 Å². The number of hydrogen-bond donors (Lipinski definition) is 1. The summed E-state index contributed by atoms with van der Waals surface area (Å²) in [4.78, 5) is 26.1. The Bertz CT molecular complexity index is 253. The standard InChI is InChI=1S/C10H18N2O3/c1-3-4-11-6-10(15)12(5-8(2)13)7-9(11)14/h8,13H,3-7H2,1-2H3. The molecule has 86 valence electrons. The Labute approximate surface area is 89.7 Å². The minimum absolute atomic E-state index is 0.0305. The molecule has 1 rings (SSSR count). The van der Waals surface area contributed by atoms with Crippen LogP contribution < -0.4 is 0 Å². The van der Waals surface area contributed by atoms with Crippen LogP contribution in [0.25, 0.3) is 0 Å². The van der Waals surface area contributed by atoms with E-state index in [1.54, 1.807) is 11.8 Å². The first-order valence-electron chi connectivity index (χ1n) is 5.28. The average Bonchev–Trinajstić information content (AvgIpc) is 2.13. The summed E-state index contributed by atoms with van der Waals surface area (Å²) in [6.45, 7) is 4.71. The van der Waals surface area contributed by atoms with Crippen molar-refractivity contribution in [2.75, 3.05) is 26.2 Å². The topological polar surface area (TPSA) is 60.9 Å². The number of hydrogen-bond acceptors (Lipinski definition) is 3. The van der Waals surface area contributed by atoms with E-state index in [0.29, 0.717) is 6.54 Å². The van der Waals surface area contributed by atoms with Gasteiger partial charge in [0.2, 0.25) is 11.8 Å². The Morgan fingerprint density at radius 3 is 2.33 bits per heavy atom. The first kappa shape index (κ1) is 12.0. The van der Waals surface area contributed by atoms with Gasteiger partial charge in [-0.2, -0.15) is 0 Å². The van der Waals surface area contributed by atoms with E-state index in [-0.39, 0.29) is 31.4 Å². The van der Waals surface area contributed by atoms with Crippen molar-refractivity contribution in [3.63, 3.8) is 0 Å². The van der Waals surface area contributed by atoms with Crippen LogP contribution in [-0.2, 0) is 9.59 Å². The minimum atomic E-state index is -0.584. The molecule has 5 heteroatoms. The van der Waals surface area contributed by atoms with Crippen LogP contribution in [0, 0.1) is 0 Å². The van der Waals surface area contributed by atoms with E-state index in [2.05, 4.69) is 0 Å². The zero-order chi connectivity index (χ0) is 11.4. The van der Waals surface area contributed by atoms with Crippen LogP contribution in [0.1, 0.15) is 20.3 Å². The summed E-state index contributed by atoms with van der Waals surface area (Å²) in [6.07, 6.45) is 0.273. The molecule has 1 saturated heterocycles. The summed E-state index contributed by atoms with van der Waals surface area (Å²) in [5, 5.41) is 9.16. The van der Waals surface area contributed by atoms with Gasteiger partial charge in [-0.1, -0.05) is 6.92 Å². The maximum absolute atomic E-state index is 11.6. The Morgan fingerprint density at radius 1 is 1.27 bits per heavy atom. The number of piperazine rings is 1. The fourth-order valence-electron chi connectivity index (χ4n) is 1.66. The van der Waals surface area contributed by atoms with Gasteiger partial charge in [0.05, 0.1) is 19.2 Å². The molecule has 1 aliphatic rings. The van der Waals surface area contributed by atoms with Crippen LogP contribution in [0.5, 0.6) is 0 Å². The molecule has 5 nitrogen and oxygen atoms in total. The molecule has 0 saturated carbocycles. The van der Waals surface area contributed by atoms with Crippen LogP contribution in [0.2, 0.25) is 0 Å². The van der Waals surface area contributed by atoms with Crippen LogP contribution in [0.15, 0.2) is 0 Å². The number of β-amino-alcohol motifs (C(OH)–C–C–N with tert-alkyl or cyclic N) is 1. The molecule has 0 aromatic heterocycles. The second-order valence-electron chi connectivity index (χ2n) is 3.94. The summed E-state index contributed by atoms with van der Waals surface area (Å²) >= 11 is 0. The van der Waals surface area contributed by atoms with Gasteiger partial charge in [-0.25, -0.2) is 0 Å². The third kappa shape index (κ3) is 3.20. The molecule has 15 heavy (non-hydrogen) atoms. The molecule has 1 N–H and O–H groups in total. The number of aliphatic hydroxyl groups is 1. The quantitative estimate of drug-likeness (QED) is 0.683. The summed E-state index contributed by atoms with van der Waals surface area (Å²) in [6, 6.07) is 0. The summed E-state index contributed by atoms with van der Waals surface area (Å²) in [5.74, 6) is -0.110. The van der Waals surface area contributed by atoms with Gasteiger partial charge in [0.15, 0.2) is 0 Å². The second kappa shape index (κ2) is 5.11. The smallest absolute Gasteiger partial charge is 0.242 e. The van der Waals surface area contributed by atoms with Gasteiger partial charge in [-0.05, 0) is 13.3 Å². The van der Waals surface area contributed by atoms with Gasteiger partial charge in [-0.15, -0.1) is 0 Å². The SMILES string of the molecule is CCCN1CC(=O)N(CC(C)O)CC1=O. The van der Waals surface area contributed by atoms with Crippen molar-refractivity contribution in [1.29, 1.82) is 0 Å². The molecule has 0 aromatic carbocycles. The lowest BCUT2D eigenvalue weighted by atomic mass is 10.2. The highest BCUT2D eigenvalue weighted by molar-refractivity contribution is 5.92. The Kier molecular flexibility index (Phi) is 4.08. The van der Waals surface area contributed by atoms with Crippen molar-refractivity contribution in [2.45, 2.75) is 26.4 Å². The maximum Gasteiger partial charge on any atom is 0.242 e. The summed E-state index contributed by atoms with van der Waals surface area (Å²) in [5.41, 5.74) is 0. The van der Waals surface area contributed by atoms with Crippen molar-refractivity contribution in [1.82, 2.24) is 9.80 Å². The molecule has 1 unspecified atom stereocenters. The van der Waals surface area contributed by atoms with Gasteiger partial charge in [0.25, 0.3) is 0 Å². The van der Waals surface area contributed by atoms with E-state index in [0.717, 1.165) is 6.42 Å². The molecule has 0 spiro atoms. The minimum Gasteiger partial charge on any atom is -0.392 e. The third-order valence-electron chi connectivity index (χ3n) is 2.34. The van der Waals surface area contributed by atoms with Crippen molar-refractivity contribution >= 4 is 11.8 Å². The molecule has 0 aliphatic carbocycles. The number of aliphatic hydroxyl groups excluding tert-OH is 1. The van der Waals surface area contributed by atoms with Crippen LogP contribution in [-0.4, -0.2) is 59.0 Å². The summed E-state index contributed by atoms with van der Waals surface area (Å²) in [7, 11) is 0. The molecule has 1 atom stereocenters. The number of carbonyl (C=O) groups is 2. The lowest BCUT2D eigenvalue weighted by Crippen LogP contribution is -2.55. The maximum atomic E-state index is 11.6. The van der Waals surface area contributed by atoms with Crippen molar-refractivity contribution in [3.8, 4) is 0 Å². The third-order valence-corrected chi connectivity index (χ3v) is 2.34. The predicted molar refractivity (Wildman–Crippen MR) is 55.1 cm³/mol. The molecule has 0 aromatic rings. The molecule has 0 bridgehead atoms. The molecule has 2 amide bonds. The highest BCUT2D eigenvalue weighted by atomic mass is 16.3. The van der Waals surface area contributed by atoms with E-state index >= 15 is 0 Å². The lowest BCUT2D eigenvalue weighted by Gasteiger charge is -2.34.